The van der Waals surface area contributed by atoms with Crippen LogP contribution in [0.15, 0.2) is 18.5 Å². The van der Waals surface area contributed by atoms with Crippen LogP contribution in [-0.2, 0) is 6.42 Å². The molecule has 25 heavy (non-hydrogen) atoms. The van der Waals surface area contributed by atoms with Crippen molar-refractivity contribution >= 4 is 11.7 Å². The van der Waals surface area contributed by atoms with Crippen molar-refractivity contribution in [2.24, 2.45) is 5.92 Å². The molecule has 0 bridgehead atoms. The Morgan fingerprint density at radius 3 is 2.72 bits per heavy atom. The zero-order chi connectivity index (χ0) is 17.4. The average molecular weight is 337 g/mol. The fraction of sp³-hybridized carbons (Fsp3) is 0.500. The van der Waals surface area contributed by atoms with Crippen molar-refractivity contribution in [3.63, 3.8) is 0 Å². The van der Waals surface area contributed by atoms with Gasteiger partial charge in [-0.3, -0.25) is 0 Å². The van der Waals surface area contributed by atoms with Crippen LogP contribution in [0.1, 0.15) is 38.2 Å². The van der Waals surface area contributed by atoms with Gasteiger partial charge in [-0.25, -0.2) is 19.5 Å². The molecule has 1 aliphatic rings. The highest BCUT2D eigenvalue weighted by atomic mass is 15.3. The van der Waals surface area contributed by atoms with Gasteiger partial charge < -0.3 is 4.90 Å². The number of hydrogen-bond acceptors (Lipinski definition) is 6. The summed E-state index contributed by atoms with van der Waals surface area (Å²) >= 11 is 0. The van der Waals surface area contributed by atoms with Gasteiger partial charge in [0.25, 0.3) is 5.78 Å². The fourth-order valence-corrected chi connectivity index (χ4v) is 3.24. The van der Waals surface area contributed by atoms with E-state index in [1.165, 1.54) is 12.8 Å². The molecule has 1 aliphatic heterocycles. The second-order valence-corrected chi connectivity index (χ2v) is 6.76. The maximum absolute atomic E-state index is 4.80. The van der Waals surface area contributed by atoms with Crippen LogP contribution in [0.3, 0.4) is 0 Å². The van der Waals surface area contributed by atoms with Gasteiger partial charge in [-0.2, -0.15) is 4.98 Å². The zero-order valence-corrected chi connectivity index (χ0v) is 15.0. The first-order valence-electron chi connectivity index (χ1n) is 8.95. The van der Waals surface area contributed by atoms with Gasteiger partial charge in [0, 0.05) is 37.5 Å². The van der Waals surface area contributed by atoms with Gasteiger partial charge in [0.05, 0.1) is 11.4 Å². The molecule has 7 heteroatoms. The normalized spacial score (nSPS) is 15.9. The van der Waals surface area contributed by atoms with E-state index in [2.05, 4.69) is 31.9 Å². The van der Waals surface area contributed by atoms with Gasteiger partial charge in [0.15, 0.2) is 5.82 Å². The number of anilines is 1. The topological polar surface area (TPSA) is 72.1 Å². The summed E-state index contributed by atoms with van der Waals surface area (Å²) in [5.74, 6) is 3.03. The van der Waals surface area contributed by atoms with E-state index in [4.69, 9.17) is 4.98 Å². The Kier molecular flexibility index (Phi) is 4.07. The molecule has 0 atom stereocenters. The Balaban J connectivity index is 1.71. The minimum absolute atomic E-state index is 0.636. The molecule has 0 unspecified atom stereocenters. The molecule has 0 N–H and O–H groups in total. The van der Waals surface area contributed by atoms with E-state index in [1.54, 1.807) is 4.52 Å². The molecule has 0 aromatic carbocycles. The van der Waals surface area contributed by atoms with Gasteiger partial charge >= 0.3 is 0 Å². The smallest absolute Gasteiger partial charge is 0.252 e. The van der Waals surface area contributed by atoms with Crippen LogP contribution in [0, 0.1) is 12.8 Å². The Labute approximate surface area is 147 Å². The van der Waals surface area contributed by atoms with Crippen molar-refractivity contribution in [3.05, 3.63) is 30.0 Å². The standard InChI is InChI=1S/C18H23N7/c1-4-16-22-18-20-11-14(13(3)25(18)23-16)15-5-8-19-17(21-15)24-9-6-12(2)7-10-24/h5,8,11-12H,4,6-7,9-10H2,1-3H3. The number of fused-ring (bicyclic) bond motifs is 1. The molecule has 4 rings (SSSR count). The highest BCUT2D eigenvalue weighted by Gasteiger charge is 2.19. The van der Waals surface area contributed by atoms with Gasteiger partial charge in [0.2, 0.25) is 5.95 Å². The Morgan fingerprint density at radius 2 is 1.96 bits per heavy atom. The molecule has 0 amide bonds. The Bertz CT molecular complexity index is 894. The van der Waals surface area contributed by atoms with Gasteiger partial charge in [-0.15, -0.1) is 5.10 Å². The average Bonchev–Trinajstić information content (AvgIpc) is 3.07. The Morgan fingerprint density at radius 1 is 1.16 bits per heavy atom. The summed E-state index contributed by atoms with van der Waals surface area (Å²) in [5, 5.41) is 4.53. The zero-order valence-electron chi connectivity index (χ0n) is 15.0. The minimum atomic E-state index is 0.636. The van der Waals surface area contributed by atoms with E-state index in [-0.39, 0.29) is 0 Å². The van der Waals surface area contributed by atoms with Crippen molar-refractivity contribution < 1.29 is 0 Å². The van der Waals surface area contributed by atoms with Crippen LogP contribution < -0.4 is 4.90 Å². The molecule has 0 saturated carbocycles. The summed E-state index contributed by atoms with van der Waals surface area (Å²) in [5.41, 5.74) is 2.84. The molecule has 0 spiro atoms. The predicted octanol–water partition coefficient (Wildman–Crippen LogP) is 2.69. The maximum Gasteiger partial charge on any atom is 0.252 e. The van der Waals surface area contributed by atoms with Crippen molar-refractivity contribution in [2.45, 2.75) is 40.0 Å². The van der Waals surface area contributed by atoms with E-state index >= 15 is 0 Å². The van der Waals surface area contributed by atoms with E-state index in [9.17, 15) is 0 Å². The van der Waals surface area contributed by atoms with Gasteiger partial charge in [-0.05, 0) is 31.7 Å². The molecule has 7 nitrogen and oxygen atoms in total. The van der Waals surface area contributed by atoms with Gasteiger partial charge in [-0.1, -0.05) is 13.8 Å². The van der Waals surface area contributed by atoms with Crippen LogP contribution in [0.25, 0.3) is 17.0 Å². The van der Waals surface area contributed by atoms with Gasteiger partial charge in [0.1, 0.15) is 0 Å². The van der Waals surface area contributed by atoms with Crippen molar-refractivity contribution in [3.8, 4) is 11.3 Å². The second-order valence-electron chi connectivity index (χ2n) is 6.76. The summed E-state index contributed by atoms with van der Waals surface area (Å²) in [6.07, 6.45) is 6.85. The summed E-state index contributed by atoms with van der Waals surface area (Å²) in [7, 11) is 0. The largest absolute Gasteiger partial charge is 0.341 e. The molecule has 1 saturated heterocycles. The highest BCUT2D eigenvalue weighted by molar-refractivity contribution is 5.63. The van der Waals surface area contributed by atoms with Crippen molar-refractivity contribution in [2.75, 3.05) is 18.0 Å². The third-order valence-electron chi connectivity index (χ3n) is 4.95. The molecule has 130 valence electrons. The summed E-state index contributed by atoms with van der Waals surface area (Å²) in [4.78, 5) is 20.4. The molecule has 3 aromatic rings. The lowest BCUT2D eigenvalue weighted by molar-refractivity contribution is 0.434. The summed E-state index contributed by atoms with van der Waals surface area (Å²) < 4.78 is 1.80. The number of hydrogen-bond donors (Lipinski definition) is 0. The van der Waals surface area contributed by atoms with Crippen LogP contribution in [-0.4, -0.2) is 42.6 Å². The van der Waals surface area contributed by atoms with Crippen molar-refractivity contribution in [1.82, 2.24) is 29.5 Å². The number of rotatable bonds is 3. The monoisotopic (exact) mass is 337 g/mol. The van der Waals surface area contributed by atoms with Crippen LogP contribution >= 0.6 is 0 Å². The predicted molar refractivity (Wildman–Crippen MR) is 96.5 cm³/mol. The van der Waals surface area contributed by atoms with E-state index in [1.807, 2.05) is 32.3 Å². The third-order valence-corrected chi connectivity index (χ3v) is 4.95. The van der Waals surface area contributed by atoms with Crippen LogP contribution in [0.2, 0.25) is 0 Å². The first-order chi connectivity index (χ1) is 12.2. The number of piperidine rings is 1. The first-order valence-corrected chi connectivity index (χ1v) is 8.95. The lowest BCUT2D eigenvalue weighted by atomic mass is 10.00. The minimum Gasteiger partial charge on any atom is -0.341 e. The fourth-order valence-electron chi connectivity index (χ4n) is 3.24. The molecule has 0 aliphatic carbocycles. The Hall–Kier alpha value is -2.57. The molecule has 4 heterocycles. The quantitative estimate of drug-likeness (QED) is 0.732. The maximum atomic E-state index is 4.80. The lowest BCUT2D eigenvalue weighted by Gasteiger charge is -2.30. The lowest BCUT2D eigenvalue weighted by Crippen LogP contribution is -2.34. The number of aromatic nitrogens is 6. The molecular weight excluding hydrogens is 314 g/mol. The molecule has 1 fully saturated rings. The first kappa shape index (κ1) is 15.9. The third kappa shape index (κ3) is 2.94. The summed E-state index contributed by atoms with van der Waals surface area (Å²) in [6.45, 7) is 8.42. The highest BCUT2D eigenvalue weighted by Crippen LogP contribution is 2.24. The molecule has 3 aromatic heterocycles. The van der Waals surface area contributed by atoms with E-state index in [0.717, 1.165) is 54.2 Å². The molecular formula is C18H23N7. The van der Waals surface area contributed by atoms with E-state index in [0.29, 0.717) is 5.78 Å². The number of aryl methyl sites for hydroxylation is 2. The summed E-state index contributed by atoms with van der Waals surface area (Å²) in [6, 6.07) is 1.93. The number of nitrogens with zero attached hydrogens (tertiary/aromatic N) is 7. The van der Waals surface area contributed by atoms with E-state index < -0.39 is 0 Å². The molecule has 0 radical (unpaired) electrons. The van der Waals surface area contributed by atoms with Crippen molar-refractivity contribution in [1.29, 1.82) is 0 Å². The van der Waals surface area contributed by atoms with Crippen LogP contribution in [0.5, 0.6) is 0 Å². The van der Waals surface area contributed by atoms with Crippen LogP contribution in [0.4, 0.5) is 5.95 Å². The second kappa shape index (κ2) is 6.38. The SMILES string of the molecule is CCc1nc2ncc(-c3ccnc(N4CCC(C)CC4)n3)c(C)n2n1.